The second kappa shape index (κ2) is 11.2. The van der Waals surface area contributed by atoms with Gasteiger partial charge in [-0.1, -0.05) is 36.4 Å². The molecule has 5 aromatic rings. The number of hydrogen-bond donors (Lipinski definition) is 0. The Morgan fingerprint density at radius 2 is 1.74 bits per heavy atom. The van der Waals surface area contributed by atoms with E-state index < -0.39 is 0 Å². The van der Waals surface area contributed by atoms with Crippen LogP contribution in [0.3, 0.4) is 0 Å². The van der Waals surface area contributed by atoms with Gasteiger partial charge in [-0.2, -0.15) is 0 Å². The summed E-state index contributed by atoms with van der Waals surface area (Å²) in [7, 11) is 0. The quantitative estimate of drug-likeness (QED) is 0.169. The molecule has 2 fully saturated rings. The minimum absolute atomic E-state index is 0.0290. The molecule has 7 rings (SSSR count). The van der Waals surface area contributed by atoms with E-state index >= 15 is 4.39 Å². The first kappa shape index (κ1) is 27.7. The molecule has 1 aliphatic heterocycles. The zero-order valence-corrected chi connectivity index (χ0v) is 24.0. The van der Waals surface area contributed by atoms with Crippen molar-refractivity contribution < 1.29 is 22.6 Å². The van der Waals surface area contributed by atoms with Crippen LogP contribution in [0.5, 0.6) is 5.88 Å². The van der Waals surface area contributed by atoms with Crippen LogP contribution in [0, 0.1) is 24.0 Å². The van der Waals surface area contributed by atoms with Crippen molar-refractivity contribution in [1.82, 2.24) is 14.5 Å². The summed E-state index contributed by atoms with van der Waals surface area (Å²) in [5.41, 5.74) is 5.56. The van der Waals surface area contributed by atoms with Crippen LogP contribution in [0.25, 0.3) is 22.3 Å². The first-order chi connectivity index (χ1) is 20.9. The number of fused-ring (bicyclic) bond motifs is 1. The molecular weight excluding hydrogens is 551 g/mol. The van der Waals surface area contributed by atoms with Crippen molar-refractivity contribution in [2.75, 3.05) is 19.9 Å². The molecule has 0 amide bonds. The topological polar surface area (TPSA) is 49.2 Å². The number of benzene rings is 3. The molecule has 0 atom stereocenters. The lowest BCUT2D eigenvalue weighted by Crippen LogP contribution is -2.25. The summed E-state index contributed by atoms with van der Waals surface area (Å²) in [5, 5.41) is 0. The number of imidazole rings is 1. The molecule has 1 saturated carbocycles. The van der Waals surface area contributed by atoms with Gasteiger partial charge >= 0.3 is 0 Å². The van der Waals surface area contributed by atoms with Crippen LogP contribution in [0.1, 0.15) is 46.8 Å². The summed E-state index contributed by atoms with van der Waals surface area (Å²) < 4.78 is 57.1. The molecule has 2 aliphatic rings. The highest BCUT2D eigenvalue weighted by molar-refractivity contribution is 5.77. The summed E-state index contributed by atoms with van der Waals surface area (Å²) in [6.45, 7) is 3.46. The Morgan fingerprint density at radius 1 is 0.930 bits per heavy atom. The average Bonchev–Trinajstić information content (AvgIpc) is 3.69. The molecule has 220 valence electrons. The molecule has 0 spiro atoms. The predicted molar refractivity (Wildman–Crippen MR) is 159 cm³/mol. The van der Waals surface area contributed by atoms with E-state index in [9.17, 15) is 8.78 Å². The summed E-state index contributed by atoms with van der Waals surface area (Å²) in [4.78, 5) is 9.35. The lowest BCUT2D eigenvalue weighted by Gasteiger charge is -2.26. The van der Waals surface area contributed by atoms with Gasteiger partial charge in [0.05, 0.1) is 36.6 Å². The second-order valence-electron chi connectivity index (χ2n) is 12.0. The molecule has 1 aliphatic carbocycles. The summed E-state index contributed by atoms with van der Waals surface area (Å²) in [6, 6.07) is 21.5. The standard InChI is InChI=1S/C35H32F3N3O2/c1-22-5-10-31-32(13-22)41(21-35(20-36)11-12-35)33(39-31)16-24-7-8-25(15-28(24)37)30-3-2-4-34(40-30)43-19-26-9-6-23(14-29(26)38)27-17-42-18-27/h2-10,13-15,27H,11-12,16-21H2,1H3. The number of ether oxygens (including phenoxy) is 2. The fourth-order valence-corrected chi connectivity index (χ4v) is 5.63. The van der Waals surface area contributed by atoms with E-state index in [1.54, 1.807) is 36.4 Å². The maximum Gasteiger partial charge on any atom is 0.214 e. The zero-order valence-electron chi connectivity index (χ0n) is 24.0. The Bertz CT molecular complexity index is 1810. The van der Waals surface area contributed by atoms with Crippen molar-refractivity contribution in [3.05, 3.63) is 113 Å². The molecule has 5 nitrogen and oxygen atoms in total. The van der Waals surface area contributed by atoms with Crippen molar-refractivity contribution in [2.45, 2.75) is 45.3 Å². The van der Waals surface area contributed by atoms with E-state index in [1.165, 1.54) is 6.07 Å². The van der Waals surface area contributed by atoms with Crippen molar-refractivity contribution in [2.24, 2.45) is 5.41 Å². The molecule has 2 aromatic heterocycles. The van der Waals surface area contributed by atoms with E-state index in [0.29, 0.717) is 48.0 Å². The highest BCUT2D eigenvalue weighted by atomic mass is 19.1. The monoisotopic (exact) mass is 583 g/mol. The van der Waals surface area contributed by atoms with E-state index in [-0.39, 0.29) is 42.7 Å². The summed E-state index contributed by atoms with van der Waals surface area (Å²) in [5.74, 6) is 0.604. The highest BCUT2D eigenvalue weighted by Gasteiger charge is 2.43. The average molecular weight is 584 g/mol. The van der Waals surface area contributed by atoms with Gasteiger partial charge in [-0.25, -0.2) is 18.7 Å². The van der Waals surface area contributed by atoms with Gasteiger partial charge < -0.3 is 14.0 Å². The first-order valence-corrected chi connectivity index (χ1v) is 14.7. The molecule has 0 N–H and O–H groups in total. The SMILES string of the molecule is Cc1ccc2nc(Cc3ccc(-c4cccc(OCc5ccc(C6COC6)cc5F)n4)cc3F)n(CC3(CF)CC3)c2c1. The van der Waals surface area contributed by atoms with Crippen molar-refractivity contribution >= 4 is 11.0 Å². The smallest absolute Gasteiger partial charge is 0.214 e. The molecule has 0 unspecified atom stereocenters. The van der Waals surface area contributed by atoms with Gasteiger partial charge in [0.1, 0.15) is 24.1 Å². The fourth-order valence-electron chi connectivity index (χ4n) is 5.63. The number of hydrogen-bond acceptors (Lipinski definition) is 4. The Labute approximate surface area is 248 Å². The molecular formula is C35H32F3N3O2. The largest absolute Gasteiger partial charge is 0.473 e. The minimum Gasteiger partial charge on any atom is -0.473 e. The Hall–Kier alpha value is -4.17. The number of rotatable bonds is 10. The van der Waals surface area contributed by atoms with E-state index in [1.807, 2.05) is 31.2 Å². The summed E-state index contributed by atoms with van der Waals surface area (Å²) >= 11 is 0. The van der Waals surface area contributed by atoms with Crippen LogP contribution in [0.2, 0.25) is 0 Å². The molecule has 0 radical (unpaired) electrons. The zero-order chi connectivity index (χ0) is 29.6. The van der Waals surface area contributed by atoms with Gasteiger partial charge in [-0.3, -0.25) is 4.39 Å². The van der Waals surface area contributed by atoms with Gasteiger partial charge in [0.15, 0.2) is 0 Å². The van der Waals surface area contributed by atoms with Crippen LogP contribution < -0.4 is 4.74 Å². The van der Waals surface area contributed by atoms with Crippen molar-refractivity contribution in [3.8, 4) is 17.1 Å². The van der Waals surface area contributed by atoms with Crippen LogP contribution in [-0.2, 0) is 24.3 Å². The van der Waals surface area contributed by atoms with E-state index in [0.717, 1.165) is 40.8 Å². The number of nitrogens with zero attached hydrogens (tertiary/aromatic N) is 3. The number of alkyl halides is 1. The van der Waals surface area contributed by atoms with Gasteiger partial charge in [0, 0.05) is 41.5 Å². The molecule has 1 saturated heterocycles. The van der Waals surface area contributed by atoms with Gasteiger partial charge in [-0.05, 0) is 66.8 Å². The van der Waals surface area contributed by atoms with Crippen LogP contribution in [-0.4, -0.2) is 34.4 Å². The third-order valence-electron chi connectivity index (χ3n) is 8.70. The van der Waals surface area contributed by atoms with Gasteiger partial charge in [-0.15, -0.1) is 0 Å². The number of halogens is 3. The van der Waals surface area contributed by atoms with E-state index in [2.05, 4.69) is 15.6 Å². The normalized spacial score (nSPS) is 15.9. The van der Waals surface area contributed by atoms with Crippen molar-refractivity contribution in [1.29, 1.82) is 0 Å². The number of aryl methyl sites for hydroxylation is 1. The second-order valence-corrected chi connectivity index (χ2v) is 12.0. The molecule has 3 aromatic carbocycles. The molecule has 43 heavy (non-hydrogen) atoms. The fraction of sp³-hybridized carbons (Fsp3) is 0.314. The third-order valence-corrected chi connectivity index (χ3v) is 8.70. The van der Waals surface area contributed by atoms with Crippen molar-refractivity contribution in [3.63, 3.8) is 0 Å². The van der Waals surface area contributed by atoms with Gasteiger partial charge in [0.2, 0.25) is 5.88 Å². The van der Waals surface area contributed by atoms with Crippen LogP contribution >= 0.6 is 0 Å². The maximum absolute atomic E-state index is 15.5. The molecule has 8 heteroatoms. The lowest BCUT2D eigenvalue weighted by molar-refractivity contribution is 0.00830. The van der Waals surface area contributed by atoms with E-state index in [4.69, 9.17) is 14.5 Å². The number of pyridine rings is 1. The maximum atomic E-state index is 15.5. The Morgan fingerprint density at radius 3 is 2.47 bits per heavy atom. The highest BCUT2D eigenvalue weighted by Crippen LogP contribution is 2.48. The molecule has 0 bridgehead atoms. The predicted octanol–water partition coefficient (Wildman–Crippen LogP) is 7.72. The minimum atomic E-state index is -0.369. The Balaban J connectivity index is 1.09. The third kappa shape index (κ3) is 5.64. The first-order valence-electron chi connectivity index (χ1n) is 14.7. The lowest BCUT2D eigenvalue weighted by atomic mass is 9.96. The van der Waals surface area contributed by atoms with Gasteiger partial charge in [0.25, 0.3) is 0 Å². The summed E-state index contributed by atoms with van der Waals surface area (Å²) in [6.07, 6.45) is 1.99. The van der Waals surface area contributed by atoms with Crippen LogP contribution in [0.4, 0.5) is 13.2 Å². The Kier molecular flexibility index (Phi) is 7.17. The molecule has 3 heterocycles. The van der Waals surface area contributed by atoms with Crippen LogP contribution in [0.15, 0.2) is 72.8 Å². The number of aromatic nitrogens is 3.